The molecule has 2 aromatic carbocycles. The van der Waals surface area contributed by atoms with Crippen molar-refractivity contribution in [2.75, 3.05) is 10.6 Å². The number of hydrogen-bond acceptors (Lipinski definition) is 6. The lowest BCUT2D eigenvalue weighted by Gasteiger charge is -2.10. The Labute approximate surface area is 173 Å². The van der Waals surface area contributed by atoms with Crippen molar-refractivity contribution in [1.29, 1.82) is 0 Å². The summed E-state index contributed by atoms with van der Waals surface area (Å²) in [4.78, 5) is 20.2. The number of anilines is 3. The first-order chi connectivity index (χ1) is 14.5. The van der Waals surface area contributed by atoms with Crippen molar-refractivity contribution in [1.82, 2.24) is 20.2 Å². The minimum absolute atomic E-state index is 0.133. The molecular weight excluding hydrogens is 380 g/mol. The smallest absolute Gasteiger partial charge is 0.324 e. The number of nitrogens with zero attached hydrogens (tertiary/aromatic N) is 3. The summed E-state index contributed by atoms with van der Waals surface area (Å²) in [6.45, 7) is 3.38. The highest BCUT2D eigenvalue weighted by Gasteiger charge is 2.10. The summed E-state index contributed by atoms with van der Waals surface area (Å²) in [5.74, 6) is 1.62. The number of carbonyl (C=O) groups is 1. The van der Waals surface area contributed by atoms with Crippen LogP contribution in [0.15, 0.2) is 66.7 Å². The van der Waals surface area contributed by atoms with E-state index in [9.17, 15) is 4.79 Å². The predicted molar refractivity (Wildman–Crippen MR) is 115 cm³/mol. The molecule has 2 heterocycles. The number of aryl methyl sites for hydroxylation is 1. The van der Waals surface area contributed by atoms with Crippen LogP contribution < -0.4 is 15.4 Å². The van der Waals surface area contributed by atoms with Gasteiger partial charge in [0.2, 0.25) is 5.91 Å². The minimum atomic E-state index is -0.133. The molecule has 8 nitrogen and oxygen atoms in total. The van der Waals surface area contributed by atoms with E-state index in [1.165, 1.54) is 6.92 Å². The normalized spacial score (nSPS) is 10.5. The number of amides is 1. The summed E-state index contributed by atoms with van der Waals surface area (Å²) in [6.07, 6.45) is 0. The summed E-state index contributed by atoms with van der Waals surface area (Å²) >= 11 is 0. The molecule has 0 saturated carbocycles. The molecule has 3 N–H and O–H groups in total. The highest BCUT2D eigenvalue weighted by atomic mass is 16.5. The Bertz CT molecular complexity index is 1160. The van der Waals surface area contributed by atoms with Gasteiger partial charge in [-0.05, 0) is 31.2 Å². The number of ether oxygens (including phenoxy) is 1. The molecule has 1 amide bonds. The minimum Gasteiger partial charge on any atom is -0.424 e. The molecule has 0 radical (unpaired) electrons. The zero-order chi connectivity index (χ0) is 20.9. The van der Waals surface area contributed by atoms with Crippen LogP contribution in [0.1, 0.15) is 12.6 Å². The molecule has 0 spiro atoms. The summed E-state index contributed by atoms with van der Waals surface area (Å²) < 4.78 is 5.88. The van der Waals surface area contributed by atoms with Crippen molar-refractivity contribution in [2.45, 2.75) is 13.8 Å². The SMILES string of the molecule is CC(=O)Nc1ccc(Oc2nc(Nc3cc(C)[nH]n3)cc(-c3ccccc3)n2)cc1. The van der Waals surface area contributed by atoms with Crippen LogP contribution in [0.3, 0.4) is 0 Å². The molecule has 4 rings (SSSR count). The van der Waals surface area contributed by atoms with Gasteiger partial charge in [0.05, 0.1) is 5.69 Å². The van der Waals surface area contributed by atoms with Gasteiger partial charge >= 0.3 is 6.01 Å². The molecule has 150 valence electrons. The van der Waals surface area contributed by atoms with Crippen LogP contribution in [0.25, 0.3) is 11.3 Å². The third kappa shape index (κ3) is 4.79. The quantitative estimate of drug-likeness (QED) is 0.434. The van der Waals surface area contributed by atoms with E-state index in [0.717, 1.165) is 11.3 Å². The number of rotatable bonds is 6. The fraction of sp³-hybridized carbons (Fsp3) is 0.0909. The number of aromatic nitrogens is 4. The second kappa shape index (κ2) is 8.44. The third-order valence-electron chi connectivity index (χ3n) is 4.12. The number of aromatic amines is 1. The lowest BCUT2D eigenvalue weighted by molar-refractivity contribution is -0.114. The molecule has 2 aromatic heterocycles. The van der Waals surface area contributed by atoms with Gasteiger partial charge in [-0.15, -0.1) is 0 Å². The molecular formula is C22H20N6O2. The van der Waals surface area contributed by atoms with E-state index in [0.29, 0.717) is 28.8 Å². The number of benzene rings is 2. The van der Waals surface area contributed by atoms with Gasteiger partial charge in [-0.1, -0.05) is 30.3 Å². The molecule has 0 atom stereocenters. The molecule has 0 unspecified atom stereocenters. The Morgan fingerprint density at radius 2 is 1.73 bits per heavy atom. The largest absolute Gasteiger partial charge is 0.424 e. The predicted octanol–water partition coefficient (Wildman–Crippen LogP) is 4.67. The Morgan fingerprint density at radius 1 is 0.967 bits per heavy atom. The van der Waals surface area contributed by atoms with Gasteiger partial charge in [0.1, 0.15) is 11.6 Å². The standard InChI is InChI=1S/C22H20N6O2/c1-14-12-21(28-27-14)25-20-13-19(16-6-4-3-5-7-16)24-22(26-20)30-18-10-8-17(9-11-18)23-15(2)29/h3-13H,1-2H3,(H,23,29)(H2,24,25,26,27,28). The van der Waals surface area contributed by atoms with Crippen molar-refractivity contribution in [2.24, 2.45) is 0 Å². The zero-order valence-corrected chi connectivity index (χ0v) is 16.5. The first-order valence-electron chi connectivity index (χ1n) is 9.34. The Balaban J connectivity index is 1.64. The van der Waals surface area contributed by atoms with E-state index in [1.54, 1.807) is 24.3 Å². The molecule has 0 bridgehead atoms. The second-order valence-corrected chi connectivity index (χ2v) is 6.66. The van der Waals surface area contributed by atoms with Crippen LogP contribution in [-0.2, 0) is 4.79 Å². The van der Waals surface area contributed by atoms with E-state index in [2.05, 4.69) is 30.8 Å². The van der Waals surface area contributed by atoms with Crippen molar-refractivity contribution in [3.8, 4) is 23.0 Å². The number of carbonyl (C=O) groups excluding carboxylic acids is 1. The van der Waals surface area contributed by atoms with E-state index < -0.39 is 0 Å². The molecule has 8 heteroatoms. The summed E-state index contributed by atoms with van der Waals surface area (Å²) in [5.41, 5.74) is 3.27. The van der Waals surface area contributed by atoms with Gasteiger partial charge in [-0.2, -0.15) is 15.1 Å². The summed E-state index contributed by atoms with van der Waals surface area (Å²) in [5, 5.41) is 13.0. The van der Waals surface area contributed by atoms with Gasteiger partial charge in [-0.25, -0.2) is 0 Å². The van der Waals surface area contributed by atoms with Gasteiger partial charge in [-0.3, -0.25) is 9.89 Å². The average Bonchev–Trinajstić information content (AvgIpc) is 3.14. The van der Waals surface area contributed by atoms with Gasteiger partial charge in [0.15, 0.2) is 5.82 Å². The second-order valence-electron chi connectivity index (χ2n) is 6.66. The van der Waals surface area contributed by atoms with Gasteiger partial charge in [0, 0.05) is 36.0 Å². The van der Waals surface area contributed by atoms with E-state index >= 15 is 0 Å². The molecule has 0 aliphatic heterocycles. The lowest BCUT2D eigenvalue weighted by Crippen LogP contribution is -2.05. The van der Waals surface area contributed by atoms with Crippen LogP contribution in [-0.4, -0.2) is 26.1 Å². The molecule has 0 aliphatic rings. The number of nitrogens with one attached hydrogen (secondary N) is 3. The van der Waals surface area contributed by atoms with E-state index in [-0.39, 0.29) is 11.9 Å². The summed E-state index contributed by atoms with van der Waals surface area (Å²) in [7, 11) is 0. The van der Waals surface area contributed by atoms with E-state index in [1.807, 2.05) is 49.4 Å². The zero-order valence-electron chi connectivity index (χ0n) is 16.5. The maximum Gasteiger partial charge on any atom is 0.324 e. The highest BCUT2D eigenvalue weighted by Crippen LogP contribution is 2.27. The van der Waals surface area contributed by atoms with Crippen LogP contribution in [0.4, 0.5) is 17.3 Å². The van der Waals surface area contributed by atoms with Crippen molar-refractivity contribution in [3.05, 3.63) is 72.4 Å². The highest BCUT2D eigenvalue weighted by molar-refractivity contribution is 5.88. The van der Waals surface area contributed by atoms with Gasteiger partial charge in [0.25, 0.3) is 0 Å². The van der Waals surface area contributed by atoms with Crippen LogP contribution >= 0.6 is 0 Å². The van der Waals surface area contributed by atoms with Crippen LogP contribution in [0, 0.1) is 6.92 Å². The van der Waals surface area contributed by atoms with Crippen LogP contribution in [0.5, 0.6) is 11.8 Å². The van der Waals surface area contributed by atoms with Crippen molar-refractivity contribution < 1.29 is 9.53 Å². The molecule has 0 aliphatic carbocycles. The Morgan fingerprint density at radius 3 is 2.40 bits per heavy atom. The first kappa shape index (κ1) is 19.1. The van der Waals surface area contributed by atoms with Crippen molar-refractivity contribution in [3.63, 3.8) is 0 Å². The molecule has 0 saturated heterocycles. The van der Waals surface area contributed by atoms with Crippen molar-refractivity contribution >= 4 is 23.2 Å². The maximum atomic E-state index is 11.2. The average molecular weight is 400 g/mol. The molecule has 0 fully saturated rings. The third-order valence-corrected chi connectivity index (χ3v) is 4.12. The first-order valence-corrected chi connectivity index (χ1v) is 9.34. The van der Waals surface area contributed by atoms with E-state index in [4.69, 9.17) is 4.74 Å². The number of H-pyrrole nitrogens is 1. The Hall–Kier alpha value is -4.20. The molecule has 30 heavy (non-hydrogen) atoms. The summed E-state index contributed by atoms with van der Waals surface area (Å²) in [6, 6.07) is 20.7. The fourth-order valence-electron chi connectivity index (χ4n) is 2.82. The monoisotopic (exact) mass is 400 g/mol. The lowest BCUT2D eigenvalue weighted by atomic mass is 10.1. The fourth-order valence-corrected chi connectivity index (χ4v) is 2.82. The number of hydrogen-bond donors (Lipinski definition) is 3. The Kier molecular flexibility index (Phi) is 5.38. The molecule has 4 aromatic rings. The van der Waals surface area contributed by atoms with Crippen LogP contribution in [0.2, 0.25) is 0 Å². The maximum absolute atomic E-state index is 11.2. The topological polar surface area (TPSA) is 105 Å². The van der Waals surface area contributed by atoms with Gasteiger partial charge < -0.3 is 15.4 Å².